The van der Waals surface area contributed by atoms with E-state index >= 15 is 0 Å². The van der Waals surface area contributed by atoms with Crippen LogP contribution < -0.4 is 10.6 Å². The van der Waals surface area contributed by atoms with E-state index in [4.69, 9.17) is 0 Å². The molecular formula is C22H24N2O2. The van der Waals surface area contributed by atoms with E-state index in [2.05, 4.69) is 10.6 Å². The first-order chi connectivity index (χ1) is 12.7. The number of hydrogen-bond donors (Lipinski definition) is 2. The van der Waals surface area contributed by atoms with Gasteiger partial charge in [-0.25, -0.2) is 0 Å². The molecule has 2 aromatic rings. The lowest BCUT2D eigenvalue weighted by Gasteiger charge is -2.20. The SMILES string of the molecule is O=C(/C=C/c1ccccc1)Nc1cccc(NC(=O)C2CCCCC2)c1. The fourth-order valence-electron chi connectivity index (χ4n) is 3.20. The van der Waals surface area contributed by atoms with E-state index in [0.717, 1.165) is 31.2 Å². The van der Waals surface area contributed by atoms with E-state index < -0.39 is 0 Å². The number of rotatable bonds is 5. The first kappa shape index (κ1) is 17.9. The molecule has 1 aliphatic carbocycles. The molecule has 0 spiro atoms. The lowest BCUT2D eigenvalue weighted by atomic mass is 9.88. The zero-order valence-corrected chi connectivity index (χ0v) is 14.8. The van der Waals surface area contributed by atoms with Crippen molar-refractivity contribution in [1.82, 2.24) is 0 Å². The summed E-state index contributed by atoms with van der Waals surface area (Å²) in [5.41, 5.74) is 2.34. The molecule has 0 aliphatic heterocycles. The molecule has 4 nitrogen and oxygen atoms in total. The standard InChI is InChI=1S/C22H24N2O2/c25-21(15-14-17-8-3-1-4-9-17)23-19-12-7-13-20(16-19)24-22(26)18-10-5-2-6-11-18/h1,3-4,7-9,12-16,18H,2,5-6,10-11H2,(H,23,25)(H,24,26)/b15-14+. The van der Waals surface area contributed by atoms with Crippen molar-refractivity contribution in [2.24, 2.45) is 5.92 Å². The highest BCUT2D eigenvalue weighted by Gasteiger charge is 2.21. The van der Waals surface area contributed by atoms with E-state index in [1.807, 2.05) is 48.5 Å². The van der Waals surface area contributed by atoms with Crippen LogP contribution in [-0.2, 0) is 9.59 Å². The van der Waals surface area contributed by atoms with Crippen LogP contribution in [0.25, 0.3) is 6.08 Å². The Labute approximate surface area is 154 Å². The third-order valence-corrected chi connectivity index (χ3v) is 4.60. The summed E-state index contributed by atoms with van der Waals surface area (Å²) < 4.78 is 0. The number of anilines is 2. The van der Waals surface area contributed by atoms with Crippen molar-refractivity contribution in [3.05, 3.63) is 66.2 Å². The van der Waals surface area contributed by atoms with Crippen LogP contribution in [0.2, 0.25) is 0 Å². The number of carbonyl (C=O) groups is 2. The average Bonchev–Trinajstić information content (AvgIpc) is 2.68. The molecule has 1 fully saturated rings. The van der Waals surface area contributed by atoms with E-state index in [1.54, 1.807) is 12.1 Å². The largest absolute Gasteiger partial charge is 0.326 e. The highest BCUT2D eigenvalue weighted by atomic mass is 16.2. The fourth-order valence-corrected chi connectivity index (χ4v) is 3.20. The second-order valence-electron chi connectivity index (χ2n) is 6.64. The Morgan fingerprint density at radius 2 is 1.54 bits per heavy atom. The quantitative estimate of drug-likeness (QED) is 0.758. The number of amides is 2. The maximum Gasteiger partial charge on any atom is 0.248 e. The molecule has 2 aromatic carbocycles. The van der Waals surface area contributed by atoms with Crippen molar-refractivity contribution >= 4 is 29.3 Å². The number of nitrogens with one attached hydrogen (secondary N) is 2. The predicted molar refractivity (Wildman–Crippen MR) is 106 cm³/mol. The molecule has 4 heteroatoms. The van der Waals surface area contributed by atoms with Gasteiger partial charge in [0.25, 0.3) is 0 Å². The zero-order valence-electron chi connectivity index (χ0n) is 14.8. The zero-order chi connectivity index (χ0) is 18.2. The summed E-state index contributed by atoms with van der Waals surface area (Å²) in [6.07, 6.45) is 8.68. The van der Waals surface area contributed by atoms with Crippen molar-refractivity contribution in [3.63, 3.8) is 0 Å². The van der Waals surface area contributed by atoms with Gasteiger partial charge in [0.15, 0.2) is 0 Å². The lowest BCUT2D eigenvalue weighted by molar-refractivity contribution is -0.120. The van der Waals surface area contributed by atoms with Gasteiger partial charge in [-0.2, -0.15) is 0 Å². The minimum absolute atomic E-state index is 0.0807. The summed E-state index contributed by atoms with van der Waals surface area (Å²) >= 11 is 0. The number of hydrogen-bond acceptors (Lipinski definition) is 2. The maximum atomic E-state index is 12.4. The Hall–Kier alpha value is -2.88. The summed E-state index contributed by atoms with van der Waals surface area (Å²) in [7, 11) is 0. The van der Waals surface area contributed by atoms with Crippen LogP contribution in [0.1, 0.15) is 37.7 Å². The van der Waals surface area contributed by atoms with Gasteiger partial charge in [-0.15, -0.1) is 0 Å². The van der Waals surface area contributed by atoms with Crippen LogP contribution in [0.5, 0.6) is 0 Å². The monoisotopic (exact) mass is 348 g/mol. The van der Waals surface area contributed by atoms with Crippen molar-refractivity contribution in [1.29, 1.82) is 0 Å². The topological polar surface area (TPSA) is 58.2 Å². The third kappa shape index (κ3) is 5.31. The Bertz CT molecular complexity index is 778. The van der Waals surface area contributed by atoms with Gasteiger partial charge in [0.1, 0.15) is 0 Å². The van der Waals surface area contributed by atoms with Gasteiger partial charge in [-0.05, 0) is 42.7 Å². The van der Waals surface area contributed by atoms with Crippen LogP contribution in [0, 0.1) is 5.92 Å². The molecule has 0 atom stereocenters. The van der Waals surface area contributed by atoms with Crippen LogP contribution in [-0.4, -0.2) is 11.8 Å². The van der Waals surface area contributed by atoms with Crippen LogP contribution >= 0.6 is 0 Å². The molecule has 1 saturated carbocycles. The van der Waals surface area contributed by atoms with Gasteiger partial charge < -0.3 is 10.6 Å². The molecule has 0 heterocycles. The van der Waals surface area contributed by atoms with Gasteiger partial charge in [-0.3, -0.25) is 9.59 Å². The molecule has 0 unspecified atom stereocenters. The molecular weight excluding hydrogens is 324 g/mol. The first-order valence-electron chi connectivity index (χ1n) is 9.16. The minimum Gasteiger partial charge on any atom is -0.326 e. The molecule has 134 valence electrons. The minimum atomic E-state index is -0.204. The smallest absolute Gasteiger partial charge is 0.248 e. The van der Waals surface area contributed by atoms with Crippen molar-refractivity contribution in [3.8, 4) is 0 Å². The average molecular weight is 348 g/mol. The molecule has 1 aliphatic rings. The van der Waals surface area contributed by atoms with Gasteiger partial charge in [-0.1, -0.05) is 55.7 Å². The molecule has 2 amide bonds. The third-order valence-electron chi connectivity index (χ3n) is 4.60. The Kier molecular flexibility index (Phi) is 6.20. The molecule has 3 rings (SSSR count). The van der Waals surface area contributed by atoms with Gasteiger partial charge >= 0.3 is 0 Å². The summed E-state index contributed by atoms with van der Waals surface area (Å²) in [6, 6.07) is 16.9. The van der Waals surface area contributed by atoms with Crippen LogP contribution in [0.3, 0.4) is 0 Å². The molecule has 26 heavy (non-hydrogen) atoms. The van der Waals surface area contributed by atoms with Crippen molar-refractivity contribution in [2.45, 2.75) is 32.1 Å². The van der Waals surface area contributed by atoms with Crippen LogP contribution in [0.4, 0.5) is 11.4 Å². The highest BCUT2D eigenvalue weighted by Crippen LogP contribution is 2.25. The second kappa shape index (κ2) is 8.99. The normalized spacial score (nSPS) is 14.9. The fraction of sp³-hybridized carbons (Fsp3) is 0.273. The van der Waals surface area contributed by atoms with Gasteiger partial charge in [0.2, 0.25) is 11.8 Å². The molecule has 0 radical (unpaired) electrons. The highest BCUT2D eigenvalue weighted by molar-refractivity contribution is 6.02. The van der Waals surface area contributed by atoms with E-state index in [9.17, 15) is 9.59 Å². The Morgan fingerprint density at radius 3 is 2.27 bits per heavy atom. The summed E-state index contributed by atoms with van der Waals surface area (Å²) in [4.78, 5) is 24.4. The summed E-state index contributed by atoms with van der Waals surface area (Å²) in [6.45, 7) is 0. The predicted octanol–water partition coefficient (Wildman–Crippen LogP) is 4.86. The molecule has 0 aromatic heterocycles. The first-order valence-corrected chi connectivity index (χ1v) is 9.16. The van der Waals surface area contributed by atoms with Crippen molar-refractivity contribution in [2.75, 3.05) is 10.6 Å². The van der Waals surface area contributed by atoms with Gasteiger partial charge in [0, 0.05) is 23.4 Å². The second-order valence-corrected chi connectivity index (χ2v) is 6.64. The van der Waals surface area contributed by atoms with Crippen molar-refractivity contribution < 1.29 is 9.59 Å². The van der Waals surface area contributed by atoms with E-state index in [-0.39, 0.29) is 17.7 Å². The molecule has 2 N–H and O–H groups in total. The Morgan fingerprint density at radius 1 is 0.846 bits per heavy atom. The van der Waals surface area contributed by atoms with E-state index in [1.165, 1.54) is 12.5 Å². The van der Waals surface area contributed by atoms with E-state index in [0.29, 0.717) is 11.4 Å². The van der Waals surface area contributed by atoms with Gasteiger partial charge in [0.05, 0.1) is 0 Å². The molecule has 0 saturated heterocycles. The number of carbonyl (C=O) groups excluding carboxylic acids is 2. The lowest BCUT2D eigenvalue weighted by Crippen LogP contribution is -2.24. The molecule has 0 bridgehead atoms. The number of benzene rings is 2. The summed E-state index contributed by atoms with van der Waals surface area (Å²) in [5.74, 6) is -0.0161. The Balaban J connectivity index is 1.57. The summed E-state index contributed by atoms with van der Waals surface area (Å²) in [5, 5.41) is 5.80. The van der Waals surface area contributed by atoms with Crippen LogP contribution in [0.15, 0.2) is 60.7 Å². The maximum absolute atomic E-state index is 12.4.